The molecule has 0 aliphatic carbocycles. The molecule has 6 nitrogen and oxygen atoms in total. The summed E-state index contributed by atoms with van der Waals surface area (Å²) in [5, 5.41) is 0. The Morgan fingerprint density at radius 3 is 0.760 bits per heavy atom. The first-order valence-corrected chi connectivity index (χ1v) is 27.1. The minimum atomic E-state index is 0. The molecule has 0 N–H and O–H groups in total. The number of rotatable bonds is 14. The Morgan fingerprint density at radius 2 is 0.533 bits per heavy atom. The van der Waals surface area contributed by atoms with E-state index in [-0.39, 0.29) is 19.5 Å². The first-order valence-electron chi connectivity index (χ1n) is 27.1. The van der Waals surface area contributed by atoms with Crippen molar-refractivity contribution in [1.29, 1.82) is 0 Å². The maximum atomic E-state index is 4.89. The van der Waals surface area contributed by atoms with Gasteiger partial charge >= 0.3 is 19.5 Å². The van der Waals surface area contributed by atoms with Crippen molar-refractivity contribution < 1.29 is 19.5 Å². The normalized spacial score (nSPS) is 12.2. The summed E-state index contributed by atoms with van der Waals surface area (Å²) in [6.07, 6.45) is 7.46. The smallest absolute Gasteiger partial charge is 0.443 e. The molecule has 7 heteroatoms. The van der Waals surface area contributed by atoms with E-state index >= 15 is 0 Å². The molecule has 4 aromatic heterocycles. The van der Waals surface area contributed by atoms with Crippen LogP contribution in [0, 0.1) is 0 Å². The van der Waals surface area contributed by atoms with Crippen LogP contribution in [0.5, 0.6) is 0 Å². The van der Waals surface area contributed by atoms with Gasteiger partial charge in [-0.05, 0) is 161 Å². The Morgan fingerprint density at radius 1 is 0.307 bits per heavy atom. The number of hydrogen-bond acceptors (Lipinski definition) is 4. The first kappa shape index (κ1) is 58.0. The number of aromatic nitrogens is 4. The molecule has 0 atom stereocenters. The van der Waals surface area contributed by atoms with E-state index < -0.39 is 0 Å². The van der Waals surface area contributed by atoms with Crippen LogP contribution in [-0.4, -0.2) is 9.97 Å². The van der Waals surface area contributed by atoms with Gasteiger partial charge in [0.15, 0.2) is 0 Å². The fraction of sp³-hybridized carbons (Fsp3) is 0.353. The number of pyridine rings is 4. The van der Waals surface area contributed by atoms with Crippen molar-refractivity contribution in [2.24, 2.45) is 9.98 Å². The Balaban J connectivity index is 0.000000241. The molecule has 75 heavy (non-hydrogen) atoms. The van der Waals surface area contributed by atoms with Crippen LogP contribution >= 0.6 is 0 Å². The van der Waals surface area contributed by atoms with E-state index in [1.54, 1.807) is 0 Å². The molecule has 4 heterocycles. The topological polar surface area (TPSA) is 78.7 Å². The molecule has 0 saturated heterocycles. The van der Waals surface area contributed by atoms with E-state index in [0.717, 1.165) is 22.3 Å². The number of hydrogen-bond donors (Lipinski definition) is 0. The number of benzene rings is 4. The van der Waals surface area contributed by atoms with Gasteiger partial charge in [0.1, 0.15) is 0 Å². The van der Waals surface area contributed by atoms with Crippen molar-refractivity contribution in [3.05, 3.63) is 202 Å². The molecule has 0 aliphatic rings. The van der Waals surface area contributed by atoms with Crippen molar-refractivity contribution in [3.8, 4) is 44.5 Å². The summed E-state index contributed by atoms with van der Waals surface area (Å²) in [5.74, 6) is 4.78. The summed E-state index contributed by atoms with van der Waals surface area (Å²) >= 11 is 0. The van der Waals surface area contributed by atoms with E-state index in [1.165, 1.54) is 66.8 Å². The summed E-state index contributed by atoms with van der Waals surface area (Å²) in [4.78, 5) is 28.2. The van der Waals surface area contributed by atoms with Gasteiger partial charge < -0.3 is 20.0 Å². The molecule has 0 unspecified atom stereocenters. The van der Waals surface area contributed by atoms with Gasteiger partial charge in [0.25, 0.3) is 0 Å². The second-order valence-corrected chi connectivity index (χ2v) is 22.3. The predicted octanol–water partition coefficient (Wildman–Crippen LogP) is 18.2. The molecule has 384 valence electrons. The summed E-state index contributed by atoms with van der Waals surface area (Å²) in [6, 6.07) is 43.5. The van der Waals surface area contributed by atoms with Gasteiger partial charge in [-0.2, -0.15) is 0 Å². The Hall–Kier alpha value is -6.30. The van der Waals surface area contributed by atoms with E-state index in [2.05, 4.69) is 252 Å². The maximum absolute atomic E-state index is 4.89. The molecule has 8 aromatic rings. The molecular formula is C68H80N6Zn. The van der Waals surface area contributed by atoms with Gasteiger partial charge in [-0.1, -0.05) is 231 Å². The van der Waals surface area contributed by atoms with Crippen LogP contribution in [0.15, 0.2) is 156 Å². The molecule has 0 radical (unpaired) electrons. The van der Waals surface area contributed by atoms with Crippen LogP contribution in [-0.2, 0) is 19.5 Å². The fourth-order valence-electron chi connectivity index (χ4n) is 10.3. The van der Waals surface area contributed by atoms with E-state index in [0.29, 0.717) is 70.0 Å². The van der Waals surface area contributed by atoms with Crippen molar-refractivity contribution >= 4 is 11.6 Å². The van der Waals surface area contributed by atoms with Gasteiger partial charge in [0.2, 0.25) is 0 Å². The van der Waals surface area contributed by atoms with Crippen molar-refractivity contribution in [2.45, 2.75) is 158 Å². The quantitative estimate of drug-likeness (QED) is 0.102. The summed E-state index contributed by atoms with van der Waals surface area (Å²) < 4.78 is 0. The molecule has 8 rings (SSSR count). The molecule has 0 fully saturated rings. The van der Waals surface area contributed by atoms with Gasteiger partial charge in [-0.3, -0.25) is 9.97 Å². The fourth-order valence-corrected chi connectivity index (χ4v) is 10.3. The van der Waals surface area contributed by atoms with Crippen LogP contribution in [0.2, 0.25) is 0 Å². The minimum Gasteiger partial charge on any atom is -0.443 e. The monoisotopic (exact) mass is 1040 g/mol. The zero-order chi connectivity index (χ0) is 53.4. The second-order valence-electron chi connectivity index (χ2n) is 22.3. The molecule has 0 saturated carbocycles. The summed E-state index contributed by atoms with van der Waals surface area (Å²) in [5.41, 5.74) is 22.1. The predicted molar refractivity (Wildman–Crippen MR) is 313 cm³/mol. The molecular weight excluding hydrogens is 966 g/mol. The third kappa shape index (κ3) is 13.8. The van der Waals surface area contributed by atoms with E-state index in [4.69, 9.17) is 9.98 Å². The van der Waals surface area contributed by atoms with Gasteiger partial charge in [-0.15, -0.1) is 0 Å². The van der Waals surface area contributed by atoms with Crippen LogP contribution < -0.4 is 20.9 Å². The van der Waals surface area contributed by atoms with E-state index in [1.807, 2.05) is 24.8 Å². The average Bonchev–Trinajstić information content (AvgIpc) is 3.38. The van der Waals surface area contributed by atoms with Crippen molar-refractivity contribution in [3.63, 3.8) is 0 Å². The molecule has 4 aromatic carbocycles. The maximum Gasteiger partial charge on any atom is 2.00 e. The second kappa shape index (κ2) is 26.0. The zero-order valence-electron chi connectivity index (χ0n) is 47.9. The average molecular weight is 1050 g/mol. The Labute approximate surface area is 462 Å². The SMILES string of the molecule is CC(C)c1cccc(C(C)C)c1-c1ccnc(N=c2cc(-c3c(C(C)C)cccc3C(C)C)cc[n-]2)c1.CC(C)c1cccc(C(C)C)c1-c1ccnc(N=c2cc(-c3c(C(C)C)cccc3C(C)C)cc[n-]2)c1.[Zn+2]. The summed E-state index contributed by atoms with van der Waals surface area (Å²) in [6.45, 7) is 36.1. The first-order chi connectivity index (χ1) is 35.3. The zero-order valence-corrected chi connectivity index (χ0v) is 50.8. The van der Waals surface area contributed by atoms with Crippen molar-refractivity contribution in [2.75, 3.05) is 0 Å². The van der Waals surface area contributed by atoms with Gasteiger partial charge in [0.05, 0.1) is 11.6 Å². The van der Waals surface area contributed by atoms with Crippen LogP contribution in [0.1, 0.15) is 203 Å². The third-order valence-corrected chi connectivity index (χ3v) is 14.1. The van der Waals surface area contributed by atoms with Crippen molar-refractivity contribution in [1.82, 2.24) is 19.9 Å². The minimum absolute atomic E-state index is 0. The standard InChI is InChI=1S/2C34H40N3.Zn/c2*1-21(2)27-11-9-12-28(22(3)4)33(27)25-15-17-35-31(19-25)37-32-20-26(16-18-36-32)34-29(23(5)6)13-10-14-30(34)24(7)8;/h2*9-24H,1-8H3;/q2*-1;+2. The van der Waals surface area contributed by atoms with Gasteiger partial charge in [0, 0.05) is 12.4 Å². The Bertz CT molecular complexity index is 3000. The molecule has 0 amide bonds. The summed E-state index contributed by atoms with van der Waals surface area (Å²) in [7, 11) is 0. The Kier molecular flexibility index (Phi) is 20.1. The van der Waals surface area contributed by atoms with Crippen LogP contribution in [0.25, 0.3) is 44.5 Å². The largest absolute Gasteiger partial charge is 2.00 e. The molecule has 0 spiro atoms. The third-order valence-electron chi connectivity index (χ3n) is 14.1. The van der Waals surface area contributed by atoms with Crippen LogP contribution in [0.3, 0.4) is 0 Å². The van der Waals surface area contributed by atoms with Crippen LogP contribution in [0.4, 0.5) is 11.6 Å². The molecule has 0 bridgehead atoms. The molecule has 0 aliphatic heterocycles. The van der Waals surface area contributed by atoms with Gasteiger partial charge in [-0.25, -0.2) is 0 Å². The number of nitrogens with zero attached hydrogens (tertiary/aromatic N) is 6. The van der Waals surface area contributed by atoms with E-state index in [9.17, 15) is 0 Å².